The Hall–Kier alpha value is -3.50. The molecule has 1 N–H and O–H groups in total. The van der Waals surface area contributed by atoms with Crippen LogP contribution < -0.4 is 14.2 Å². The van der Waals surface area contributed by atoms with E-state index in [1.165, 1.54) is 5.57 Å². The van der Waals surface area contributed by atoms with Gasteiger partial charge in [0.1, 0.15) is 22.8 Å². The summed E-state index contributed by atoms with van der Waals surface area (Å²) in [5, 5.41) is 0. The number of methoxy groups -OCH3 is 5. The summed E-state index contributed by atoms with van der Waals surface area (Å²) < 4.78 is 28.2. The van der Waals surface area contributed by atoms with E-state index >= 15 is 0 Å². The molecule has 240 valence electrons. The standard InChI is InChI=1S/C31H49N5O5.C2H4/c1-11-12-21(4)26(30(40-9)28(38-7)20(2)3)32-22(5)18-35-13-15-36(16-14-35)19-25-33-23-17-24(37-6)29(39-8)31(41-10)27(23)34-25;1-2/h17,20H,11-16,18-19H2,1-10H3,(H,33,34);1-2H2/b26-21-,30-28-,32-22?;. The van der Waals surface area contributed by atoms with E-state index in [4.69, 9.17) is 33.7 Å². The number of ether oxygens (including phenoxy) is 5. The Morgan fingerprint density at radius 1 is 0.953 bits per heavy atom. The van der Waals surface area contributed by atoms with E-state index in [1.54, 1.807) is 35.5 Å². The summed E-state index contributed by atoms with van der Waals surface area (Å²) in [6.07, 6.45) is 2.01. The van der Waals surface area contributed by atoms with Crippen molar-refractivity contribution in [3.8, 4) is 17.2 Å². The Balaban J connectivity index is 0.00000316. The van der Waals surface area contributed by atoms with Crippen molar-refractivity contribution < 1.29 is 23.7 Å². The first-order chi connectivity index (χ1) is 20.7. The summed E-state index contributed by atoms with van der Waals surface area (Å²) in [7, 11) is 8.24. The van der Waals surface area contributed by atoms with Crippen LogP contribution in [0.5, 0.6) is 17.2 Å². The van der Waals surface area contributed by atoms with Crippen LogP contribution >= 0.6 is 0 Å². The number of piperazine rings is 1. The van der Waals surface area contributed by atoms with Crippen LogP contribution in [-0.4, -0.2) is 93.8 Å². The second-order valence-corrected chi connectivity index (χ2v) is 10.8. The number of nitrogens with zero attached hydrogens (tertiary/aromatic N) is 4. The molecule has 3 rings (SSSR count). The number of H-pyrrole nitrogens is 1. The number of allylic oxidation sites excluding steroid dienone is 2. The number of aromatic nitrogens is 2. The normalized spacial score (nSPS) is 15.8. The molecule has 0 radical (unpaired) electrons. The molecule has 1 fully saturated rings. The van der Waals surface area contributed by atoms with E-state index in [1.807, 2.05) is 6.07 Å². The van der Waals surface area contributed by atoms with Crippen molar-refractivity contribution in [2.75, 3.05) is 68.3 Å². The predicted molar refractivity (Wildman–Crippen MR) is 175 cm³/mol. The summed E-state index contributed by atoms with van der Waals surface area (Å²) in [5.74, 6) is 4.36. The zero-order valence-electron chi connectivity index (χ0n) is 28.1. The highest BCUT2D eigenvalue weighted by Crippen LogP contribution is 2.42. The van der Waals surface area contributed by atoms with Gasteiger partial charge >= 0.3 is 0 Å². The van der Waals surface area contributed by atoms with Crippen LogP contribution in [0.2, 0.25) is 0 Å². The lowest BCUT2D eigenvalue weighted by Crippen LogP contribution is -2.47. The monoisotopic (exact) mass is 599 g/mol. The van der Waals surface area contributed by atoms with Gasteiger partial charge in [-0.1, -0.05) is 27.2 Å². The van der Waals surface area contributed by atoms with E-state index in [0.717, 1.165) is 91.9 Å². The minimum Gasteiger partial charge on any atom is -0.497 e. The molecule has 43 heavy (non-hydrogen) atoms. The van der Waals surface area contributed by atoms with Gasteiger partial charge in [0, 0.05) is 50.4 Å². The van der Waals surface area contributed by atoms with Gasteiger partial charge in [-0.25, -0.2) is 4.98 Å². The maximum Gasteiger partial charge on any atom is 0.205 e. The van der Waals surface area contributed by atoms with Crippen LogP contribution in [0.4, 0.5) is 0 Å². The maximum atomic E-state index is 5.86. The summed E-state index contributed by atoms with van der Waals surface area (Å²) in [6.45, 7) is 22.0. The summed E-state index contributed by atoms with van der Waals surface area (Å²) in [5.41, 5.74) is 4.77. The second-order valence-electron chi connectivity index (χ2n) is 10.8. The predicted octanol–water partition coefficient (Wildman–Crippen LogP) is 6.20. The number of benzene rings is 1. The quantitative estimate of drug-likeness (QED) is 0.119. The fraction of sp³-hybridized carbons (Fsp3) is 0.576. The topological polar surface area (TPSA) is 93.7 Å². The van der Waals surface area contributed by atoms with Gasteiger partial charge in [0.15, 0.2) is 17.3 Å². The molecule has 0 saturated carbocycles. The molecule has 10 heteroatoms. The number of hydrogen-bond donors (Lipinski definition) is 1. The lowest BCUT2D eigenvalue weighted by Gasteiger charge is -2.34. The molecular formula is C33H53N5O5. The third-order valence-corrected chi connectivity index (χ3v) is 7.34. The van der Waals surface area contributed by atoms with Gasteiger partial charge in [0.25, 0.3) is 0 Å². The number of aromatic amines is 1. The average Bonchev–Trinajstić information content (AvgIpc) is 3.41. The molecule has 1 saturated heterocycles. The van der Waals surface area contributed by atoms with Crippen molar-refractivity contribution in [3.63, 3.8) is 0 Å². The molecular weight excluding hydrogens is 546 g/mol. The molecule has 0 amide bonds. The summed E-state index contributed by atoms with van der Waals surface area (Å²) in [6, 6.07) is 1.90. The minimum atomic E-state index is 0.194. The Bertz CT molecular complexity index is 1270. The molecule has 1 aromatic heterocycles. The van der Waals surface area contributed by atoms with Crippen molar-refractivity contribution in [2.24, 2.45) is 10.9 Å². The van der Waals surface area contributed by atoms with Crippen molar-refractivity contribution >= 4 is 16.7 Å². The van der Waals surface area contributed by atoms with E-state index in [0.29, 0.717) is 17.2 Å². The lowest BCUT2D eigenvalue weighted by atomic mass is 10.0. The zero-order chi connectivity index (χ0) is 32.1. The van der Waals surface area contributed by atoms with Crippen LogP contribution in [-0.2, 0) is 16.0 Å². The molecule has 1 aliphatic heterocycles. The molecule has 2 aromatic rings. The lowest BCUT2D eigenvalue weighted by molar-refractivity contribution is 0.137. The fourth-order valence-corrected chi connectivity index (χ4v) is 5.35. The molecule has 0 atom stereocenters. The summed E-state index contributed by atoms with van der Waals surface area (Å²) in [4.78, 5) is 18.2. The first-order valence-electron chi connectivity index (χ1n) is 14.9. The van der Waals surface area contributed by atoms with E-state index in [9.17, 15) is 0 Å². The van der Waals surface area contributed by atoms with Crippen LogP contribution in [0.25, 0.3) is 11.0 Å². The van der Waals surface area contributed by atoms with Crippen molar-refractivity contribution in [3.05, 3.63) is 47.8 Å². The van der Waals surface area contributed by atoms with Crippen LogP contribution in [0.15, 0.2) is 47.0 Å². The SMILES string of the molecule is C=C.CCC/C(C)=C(N=C(C)CN1CCN(Cc2nc3c(OC)c(OC)c(OC)cc3[nH]2)CC1)/C(OC)=C(/OC)C(C)C. The number of nitrogens with one attached hydrogen (secondary N) is 1. The highest BCUT2D eigenvalue weighted by Gasteiger charge is 2.23. The third-order valence-electron chi connectivity index (χ3n) is 7.34. The smallest absolute Gasteiger partial charge is 0.205 e. The average molecular weight is 600 g/mol. The van der Waals surface area contributed by atoms with Crippen molar-refractivity contribution in [2.45, 2.75) is 54.0 Å². The van der Waals surface area contributed by atoms with Gasteiger partial charge in [-0.05, 0) is 25.8 Å². The van der Waals surface area contributed by atoms with E-state index in [2.05, 4.69) is 62.6 Å². The number of aliphatic imine (C=N–C) groups is 1. The van der Waals surface area contributed by atoms with Crippen molar-refractivity contribution in [1.29, 1.82) is 0 Å². The van der Waals surface area contributed by atoms with Crippen LogP contribution in [0.3, 0.4) is 0 Å². The summed E-state index contributed by atoms with van der Waals surface area (Å²) >= 11 is 0. The first-order valence-corrected chi connectivity index (χ1v) is 14.9. The van der Waals surface area contributed by atoms with E-state index < -0.39 is 0 Å². The first kappa shape index (κ1) is 35.7. The van der Waals surface area contributed by atoms with Gasteiger partial charge in [-0.3, -0.25) is 14.8 Å². The van der Waals surface area contributed by atoms with Gasteiger partial charge in [-0.2, -0.15) is 0 Å². The molecule has 10 nitrogen and oxygen atoms in total. The Morgan fingerprint density at radius 3 is 2.09 bits per heavy atom. The minimum absolute atomic E-state index is 0.194. The Kier molecular flexibility index (Phi) is 14.6. The molecule has 0 bridgehead atoms. The molecule has 1 aromatic carbocycles. The third kappa shape index (κ3) is 9.00. The van der Waals surface area contributed by atoms with Gasteiger partial charge in [-0.15, -0.1) is 13.2 Å². The van der Waals surface area contributed by atoms with Crippen molar-refractivity contribution in [1.82, 2.24) is 19.8 Å². The number of hydrogen-bond acceptors (Lipinski definition) is 9. The van der Waals surface area contributed by atoms with Gasteiger partial charge in [0.05, 0.1) is 47.6 Å². The number of rotatable bonds is 14. The van der Waals surface area contributed by atoms with Gasteiger partial charge < -0.3 is 28.7 Å². The highest BCUT2D eigenvalue weighted by atomic mass is 16.5. The Morgan fingerprint density at radius 2 is 1.58 bits per heavy atom. The largest absolute Gasteiger partial charge is 0.497 e. The molecule has 0 spiro atoms. The van der Waals surface area contributed by atoms with Gasteiger partial charge in [0.2, 0.25) is 5.75 Å². The molecule has 2 heterocycles. The number of fused-ring (bicyclic) bond motifs is 1. The zero-order valence-corrected chi connectivity index (χ0v) is 28.1. The van der Waals surface area contributed by atoms with Crippen LogP contribution in [0, 0.1) is 5.92 Å². The number of imidazole rings is 1. The molecule has 0 unspecified atom stereocenters. The fourth-order valence-electron chi connectivity index (χ4n) is 5.35. The highest BCUT2D eigenvalue weighted by molar-refractivity contribution is 5.88. The maximum absolute atomic E-state index is 5.86. The second kappa shape index (κ2) is 17.6. The van der Waals surface area contributed by atoms with E-state index in [-0.39, 0.29) is 5.92 Å². The molecule has 1 aliphatic rings. The molecule has 0 aliphatic carbocycles. The van der Waals surface area contributed by atoms with Crippen LogP contribution in [0.1, 0.15) is 53.3 Å². The Labute approximate surface area is 258 Å².